The highest BCUT2D eigenvalue weighted by Crippen LogP contribution is 2.34. The smallest absolute Gasteiger partial charge is 0.146 e. The molecule has 1 aliphatic carbocycles. The van der Waals surface area contributed by atoms with Crippen molar-refractivity contribution in [1.82, 2.24) is 29.4 Å². The zero-order chi connectivity index (χ0) is 18.1. The van der Waals surface area contributed by atoms with Crippen LogP contribution in [0.15, 0.2) is 42.7 Å². The van der Waals surface area contributed by atoms with Crippen molar-refractivity contribution in [2.75, 3.05) is 7.05 Å². The number of hydrogen-bond acceptors (Lipinski definition) is 5. The predicted octanol–water partition coefficient (Wildman–Crippen LogP) is 1.84. The summed E-state index contributed by atoms with van der Waals surface area (Å²) in [5, 5.41) is 13.2. The van der Waals surface area contributed by atoms with Gasteiger partial charge in [-0.15, -0.1) is 10.2 Å². The molecule has 7 nitrogen and oxygen atoms in total. The van der Waals surface area contributed by atoms with Gasteiger partial charge in [0.15, 0.2) is 0 Å². The highest BCUT2D eigenvalue weighted by atomic mass is 15.3. The summed E-state index contributed by atoms with van der Waals surface area (Å²) in [4.78, 5) is 2.25. The van der Waals surface area contributed by atoms with Crippen molar-refractivity contribution in [3.63, 3.8) is 0 Å². The van der Waals surface area contributed by atoms with Crippen LogP contribution in [0.1, 0.15) is 36.0 Å². The van der Waals surface area contributed by atoms with Crippen LogP contribution in [0.4, 0.5) is 0 Å². The SMILES string of the molecule is CN(Cc1ccccc1-n1cccn1)Cc1nnc(C2CC(N)C2)n1C. The number of hydrogen-bond donors (Lipinski definition) is 1. The molecule has 1 aliphatic rings. The lowest BCUT2D eigenvalue weighted by molar-refractivity contribution is 0.302. The van der Waals surface area contributed by atoms with Crippen molar-refractivity contribution >= 4 is 0 Å². The molecule has 0 aliphatic heterocycles. The third-order valence-corrected chi connectivity index (χ3v) is 5.13. The van der Waals surface area contributed by atoms with Crippen molar-refractivity contribution in [2.45, 2.75) is 37.9 Å². The molecule has 2 N–H and O–H groups in total. The molecule has 4 rings (SSSR count). The van der Waals surface area contributed by atoms with Gasteiger partial charge in [-0.2, -0.15) is 5.10 Å². The molecule has 1 fully saturated rings. The summed E-state index contributed by atoms with van der Waals surface area (Å²) in [7, 11) is 4.16. The monoisotopic (exact) mass is 351 g/mol. The maximum absolute atomic E-state index is 5.91. The van der Waals surface area contributed by atoms with Crippen molar-refractivity contribution in [3.05, 3.63) is 59.9 Å². The molecule has 2 aromatic heterocycles. The summed E-state index contributed by atoms with van der Waals surface area (Å²) in [6, 6.07) is 10.6. The molecule has 3 aromatic rings. The fourth-order valence-electron chi connectivity index (χ4n) is 3.61. The molecule has 0 radical (unpaired) electrons. The first-order chi connectivity index (χ1) is 12.6. The van der Waals surface area contributed by atoms with Crippen molar-refractivity contribution in [3.8, 4) is 5.69 Å². The molecule has 2 heterocycles. The van der Waals surface area contributed by atoms with E-state index in [4.69, 9.17) is 5.73 Å². The van der Waals surface area contributed by atoms with Gasteiger partial charge < -0.3 is 10.3 Å². The first-order valence-corrected chi connectivity index (χ1v) is 9.02. The lowest BCUT2D eigenvalue weighted by Crippen LogP contribution is -2.36. The molecule has 0 spiro atoms. The Balaban J connectivity index is 1.46. The van der Waals surface area contributed by atoms with Crippen LogP contribution in [0, 0.1) is 0 Å². The van der Waals surface area contributed by atoms with E-state index in [2.05, 4.69) is 57.1 Å². The molecule has 26 heavy (non-hydrogen) atoms. The summed E-state index contributed by atoms with van der Waals surface area (Å²) in [6.07, 6.45) is 5.79. The zero-order valence-electron chi connectivity index (χ0n) is 15.3. The fourth-order valence-corrected chi connectivity index (χ4v) is 3.61. The third kappa shape index (κ3) is 3.27. The highest BCUT2D eigenvalue weighted by molar-refractivity contribution is 5.40. The van der Waals surface area contributed by atoms with E-state index >= 15 is 0 Å². The Bertz CT molecular complexity index is 862. The van der Waals surface area contributed by atoms with Gasteiger partial charge in [0.2, 0.25) is 0 Å². The zero-order valence-corrected chi connectivity index (χ0v) is 15.3. The minimum Gasteiger partial charge on any atom is -0.328 e. The standard InChI is InChI=1S/C19H25N7/c1-24(12-14-6-3-4-7-17(14)26-9-5-8-21-26)13-18-22-23-19(25(18)2)15-10-16(20)11-15/h3-9,15-16H,10-13,20H2,1-2H3. The maximum atomic E-state index is 5.91. The maximum Gasteiger partial charge on any atom is 0.146 e. The van der Waals surface area contributed by atoms with Crippen LogP contribution in [-0.4, -0.2) is 42.5 Å². The van der Waals surface area contributed by atoms with Crippen LogP contribution in [-0.2, 0) is 20.1 Å². The van der Waals surface area contributed by atoms with Crippen LogP contribution >= 0.6 is 0 Å². The normalized spacial score (nSPS) is 19.7. The average molecular weight is 351 g/mol. The van der Waals surface area contributed by atoms with E-state index in [9.17, 15) is 0 Å². The summed E-state index contributed by atoms with van der Waals surface area (Å²) in [6.45, 7) is 1.56. The number of benzene rings is 1. The fraction of sp³-hybridized carbons (Fsp3) is 0.421. The molecular formula is C19H25N7. The van der Waals surface area contributed by atoms with E-state index in [-0.39, 0.29) is 0 Å². The lowest BCUT2D eigenvalue weighted by atomic mass is 9.80. The van der Waals surface area contributed by atoms with E-state index in [0.717, 1.165) is 43.3 Å². The Morgan fingerprint density at radius 1 is 1.15 bits per heavy atom. The largest absolute Gasteiger partial charge is 0.328 e. The van der Waals surface area contributed by atoms with Gasteiger partial charge in [-0.05, 0) is 37.6 Å². The van der Waals surface area contributed by atoms with Crippen molar-refractivity contribution in [1.29, 1.82) is 0 Å². The van der Waals surface area contributed by atoms with E-state index in [1.807, 2.05) is 23.0 Å². The van der Waals surface area contributed by atoms with Crippen LogP contribution in [0.5, 0.6) is 0 Å². The molecular weight excluding hydrogens is 326 g/mol. The van der Waals surface area contributed by atoms with Gasteiger partial charge >= 0.3 is 0 Å². The highest BCUT2D eigenvalue weighted by Gasteiger charge is 2.31. The topological polar surface area (TPSA) is 77.8 Å². The molecule has 0 amide bonds. The molecule has 1 aromatic carbocycles. The Morgan fingerprint density at radius 3 is 2.69 bits per heavy atom. The Labute approximate surface area is 153 Å². The predicted molar refractivity (Wildman–Crippen MR) is 99.7 cm³/mol. The minimum atomic E-state index is 0.321. The number of para-hydroxylation sites is 1. The number of nitrogens with zero attached hydrogens (tertiary/aromatic N) is 6. The molecule has 0 bridgehead atoms. The van der Waals surface area contributed by atoms with Gasteiger partial charge in [-0.25, -0.2) is 4.68 Å². The van der Waals surface area contributed by atoms with Gasteiger partial charge in [0, 0.05) is 37.9 Å². The first kappa shape index (κ1) is 16.9. The van der Waals surface area contributed by atoms with Crippen molar-refractivity contribution in [2.24, 2.45) is 12.8 Å². The second kappa shape index (κ2) is 7.01. The number of nitrogens with two attached hydrogens (primary N) is 1. The van der Waals surface area contributed by atoms with E-state index in [1.165, 1.54) is 5.56 Å². The van der Waals surface area contributed by atoms with Crippen LogP contribution in [0.3, 0.4) is 0 Å². The van der Waals surface area contributed by atoms with E-state index < -0.39 is 0 Å². The van der Waals surface area contributed by atoms with E-state index in [0.29, 0.717) is 12.0 Å². The summed E-state index contributed by atoms with van der Waals surface area (Å²) in [5.74, 6) is 2.51. The van der Waals surface area contributed by atoms with Gasteiger partial charge in [0.1, 0.15) is 11.6 Å². The minimum absolute atomic E-state index is 0.321. The van der Waals surface area contributed by atoms with Gasteiger partial charge in [-0.1, -0.05) is 18.2 Å². The lowest BCUT2D eigenvalue weighted by Gasteiger charge is -2.31. The number of rotatable bonds is 6. The Morgan fingerprint density at radius 2 is 1.96 bits per heavy atom. The first-order valence-electron chi connectivity index (χ1n) is 9.02. The summed E-state index contributed by atoms with van der Waals surface area (Å²) >= 11 is 0. The van der Waals surface area contributed by atoms with Crippen LogP contribution < -0.4 is 5.73 Å². The Hall–Kier alpha value is -2.51. The van der Waals surface area contributed by atoms with Crippen LogP contribution in [0.25, 0.3) is 5.69 Å². The van der Waals surface area contributed by atoms with Crippen molar-refractivity contribution < 1.29 is 0 Å². The molecule has 136 valence electrons. The third-order valence-electron chi connectivity index (χ3n) is 5.13. The van der Waals surface area contributed by atoms with Crippen LogP contribution in [0.2, 0.25) is 0 Å². The molecule has 7 heteroatoms. The molecule has 0 unspecified atom stereocenters. The average Bonchev–Trinajstić information content (AvgIpc) is 3.24. The second-order valence-electron chi connectivity index (χ2n) is 7.21. The number of aromatic nitrogens is 5. The van der Waals surface area contributed by atoms with Gasteiger partial charge in [0.25, 0.3) is 0 Å². The summed E-state index contributed by atoms with van der Waals surface area (Å²) in [5.41, 5.74) is 8.24. The van der Waals surface area contributed by atoms with E-state index in [1.54, 1.807) is 6.20 Å². The molecule has 1 saturated carbocycles. The quantitative estimate of drug-likeness (QED) is 0.733. The van der Waals surface area contributed by atoms with Gasteiger partial charge in [-0.3, -0.25) is 4.90 Å². The summed E-state index contributed by atoms with van der Waals surface area (Å²) < 4.78 is 4.04. The molecule has 0 saturated heterocycles. The molecule has 0 atom stereocenters. The van der Waals surface area contributed by atoms with Gasteiger partial charge in [0.05, 0.1) is 12.2 Å². The second-order valence-corrected chi connectivity index (χ2v) is 7.21. The Kier molecular flexibility index (Phi) is 4.57.